The van der Waals surface area contributed by atoms with Crippen LogP contribution in [0.1, 0.15) is 32.1 Å². The molecule has 15 heavy (non-hydrogen) atoms. The standard InChI is InChI=1S/C12H24N2O/c15-12-2-1-8-14(9-5-12)10-11-3-6-13-7-4-11/h11-13,15H,1-10H2. The summed E-state index contributed by atoms with van der Waals surface area (Å²) >= 11 is 0. The van der Waals surface area contributed by atoms with Crippen LogP contribution in [0.3, 0.4) is 0 Å². The summed E-state index contributed by atoms with van der Waals surface area (Å²) in [6, 6.07) is 0. The Labute approximate surface area is 92.8 Å². The Kier molecular flexibility index (Phi) is 4.42. The zero-order valence-corrected chi connectivity index (χ0v) is 9.62. The van der Waals surface area contributed by atoms with Gasteiger partial charge in [0.2, 0.25) is 0 Å². The average molecular weight is 212 g/mol. The molecule has 88 valence electrons. The van der Waals surface area contributed by atoms with Crippen LogP contribution >= 0.6 is 0 Å². The maximum absolute atomic E-state index is 9.58. The number of piperidine rings is 1. The van der Waals surface area contributed by atoms with Gasteiger partial charge >= 0.3 is 0 Å². The Hall–Kier alpha value is -0.120. The highest BCUT2D eigenvalue weighted by atomic mass is 16.3. The molecule has 2 N–H and O–H groups in total. The molecule has 0 aromatic carbocycles. The highest BCUT2D eigenvalue weighted by Gasteiger charge is 2.19. The van der Waals surface area contributed by atoms with Gasteiger partial charge in [-0.2, -0.15) is 0 Å². The summed E-state index contributed by atoms with van der Waals surface area (Å²) < 4.78 is 0. The molecular formula is C12H24N2O. The largest absolute Gasteiger partial charge is 0.393 e. The van der Waals surface area contributed by atoms with Crippen molar-refractivity contribution in [1.82, 2.24) is 10.2 Å². The Bertz CT molecular complexity index is 180. The van der Waals surface area contributed by atoms with Gasteiger partial charge in [-0.3, -0.25) is 0 Å². The lowest BCUT2D eigenvalue weighted by Gasteiger charge is -2.29. The van der Waals surface area contributed by atoms with Gasteiger partial charge in [-0.15, -0.1) is 0 Å². The molecule has 0 aliphatic carbocycles. The second kappa shape index (κ2) is 5.83. The van der Waals surface area contributed by atoms with Crippen LogP contribution in [0.25, 0.3) is 0 Å². The van der Waals surface area contributed by atoms with Gasteiger partial charge in [0.05, 0.1) is 6.10 Å². The lowest BCUT2D eigenvalue weighted by atomic mass is 9.97. The second-order valence-electron chi connectivity index (χ2n) is 5.08. The molecule has 0 radical (unpaired) electrons. The minimum absolute atomic E-state index is 0.0389. The van der Waals surface area contributed by atoms with Crippen molar-refractivity contribution in [3.8, 4) is 0 Å². The first-order valence-electron chi connectivity index (χ1n) is 6.46. The molecule has 0 aromatic rings. The van der Waals surface area contributed by atoms with Gasteiger partial charge in [0.15, 0.2) is 0 Å². The number of hydrogen-bond donors (Lipinski definition) is 2. The molecule has 2 aliphatic rings. The average Bonchev–Trinajstić information content (AvgIpc) is 2.46. The van der Waals surface area contributed by atoms with Crippen LogP contribution in [-0.2, 0) is 0 Å². The van der Waals surface area contributed by atoms with Crippen LogP contribution < -0.4 is 5.32 Å². The van der Waals surface area contributed by atoms with Crippen LogP contribution in [0.4, 0.5) is 0 Å². The van der Waals surface area contributed by atoms with E-state index in [1.54, 1.807) is 0 Å². The van der Waals surface area contributed by atoms with Crippen LogP contribution in [-0.4, -0.2) is 48.8 Å². The number of aliphatic hydroxyl groups excluding tert-OH is 1. The van der Waals surface area contributed by atoms with Crippen molar-refractivity contribution < 1.29 is 5.11 Å². The van der Waals surface area contributed by atoms with E-state index in [0.717, 1.165) is 25.3 Å². The van der Waals surface area contributed by atoms with E-state index < -0.39 is 0 Å². The number of aliphatic hydroxyl groups is 1. The van der Waals surface area contributed by atoms with Gasteiger partial charge in [0.25, 0.3) is 0 Å². The second-order valence-corrected chi connectivity index (χ2v) is 5.08. The fraction of sp³-hybridized carbons (Fsp3) is 1.00. The summed E-state index contributed by atoms with van der Waals surface area (Å²) in [4.78, 5) is 2.56. The lowest BCUT2D eigenvalue weighted by molar-refractivity contribution is 0.151. The summed E-state index contributed by atoms with van der Waals surface area (Å²) in [7, 11) is 0. The van der Waals surface area contributed by atoms with Crippen molar-refractivity contribution in [1.29, 1.82) is 0 Å². The van der Waals surface area contributed by atoms with E-state index in [9.17, 15) is 5.11 Å². The Morgan fingerprint density at radius 1 is 1.07 bits per heavy atom. The van der Waals surface area contributed by atoms with Crippen LogP contribution in [0.5, 0.6) is 0 Å². The Balaban J connectivity index is 1.72. The van der Waals surface area contributed by atoms with Crippen molar-refractivity contribution in [2.24, 2.45) is 5.92 Å². The molecule has 0 aromatic heterocycles. The third kappa shape index (κ3) is 3.74. The van der Waals surface area contributed by atoms with Crippen LogP contribution in [0.2, 0.25) is 0 Å². The SMILES string of the molecule is OC1CCCN(CC2CCNCC2)CC1. The van der Waals surface area contributed by atoms with E-state index in [1.165, 1.54) is 45.4 Å². The summed E-state index contributed by atoms with van der Waals surface area (Å²) in [6.07, 6.45) is 5.78. The molecule has 2 rings (SSSR count). The highest BCUT2D eigenvalue weighted by Crippen LogP contribution is 2.17. The Morgan fingerprint density at radius 3 is 2.67 bits per heavy atom. The van der Waals surface area contributed by atoms with E-state index >= 15 is 0 Å². The molecule has 2 aliphatic heterocycles. The molecule has 2 saturated heterocycles. The third-order valence-electron chi connectivity index (χ3n) is 3.77. The molecule has 3 heteroatoms. The monoisotopic (exact) mass is 212 g/mol. The molecule has 0 saturated carbocycles. The summed E-state index contributed by atoms with van der Waals surface area (Å²) in [6.45, 7) is 5.95. The van der Waals surface area contributed by atoms with Crippen molar-refractivity contribution in [2.45, 2.75) is 38.2 Å². The smallest absolute Gasteiger partial charge is 0.0553 e. The summed E-state index contributed by atoms with van der Waals surface area (Å²) in [5.41, 5.74) is 0. The molecule has 0 amide bonds. The molecule has 1 atom stereocenters. The zero-order chi connectivity index (χ0) is 10.5. The summed E-state index contributed by atoms with van der Waals surface area (Å²) in [5, 5.41) is 13.0. The molecule has 0 bridgehead atoms. The van der Waals surface area contributed by atoms with E-state index in [-0.39, 0.29) is 6.10 Å². The number of hydrogen-bond acceptors (Lipinski definition) is 3. The molecular weight excluding hydrogens is 188 g/mol. The van der Waals surface area contributed by atoms with Gasteiger partial charge in [-0.1, -0.05) is 0 Å². The number of nitrogens with zero attached hydrogens (tertiary/aromatic N) is 1. The fourth-order valence-corrected chi connectivity index (χ4v) is 2.75. The number of likely N-dealkylation sites (tertiary alicyclic amines) is 1. The van der Waals surface area contributed by atoms with Crippen molar-refractivity contribution in [3.63, 3.8) is 0 Å². The minimum Gasteiger partial charge on any atom is -0.393 e. The van der Waals surface area contributed by atoms with Gasteiger partial charge in [-0.25, -0.2) is 0 Å². The number of nitrogens with one attached hydrogen (secondary N) is 1. The van der Waals surface area contributed by atoms with Crippen LogP contribution in [0.15, 0.2) is 0 Å². The van der Waals surface area contributed by atoms with Gasteiger partial charge in [0.1, 0.15) is 0 Å². The van der Waals surface area contributed by atoms with E-state index in [1.807, 2.05) is 0 Å². The Morgan fingerprint density at radius 2 is 1.87 bits per heavy atom. The highest BCUT2D eigenvalue weighted by molar-refractivity contribution is 4.75. The first-order chi connectivity index (χ1) is 7.34. The minimum atomic E-state index is -0.0389. The van der Waals surface area contributed by atoms with E-state index in [2.05, 4.69) is 10.2 Å². The topological polar surface area (TPSA) is 35.5 Å². The van der Waals surface area contributed by atoms with Gasteiger partial charge < -0.3 is 15.3 Å². The molecule has 1 unspecified atom stereocenters. The molecule has 0 spiro atoms. The maximum atomic E-state index is 9.58. The zero-order valence-electron chi connectivity index (χ0n) is 9.62. The molecule has 2 fully saturated rings. The van der Waals surface area contributed by atoms with Crippen LogP contribution in [0, 0.1) is 5.92 Å². The van der Waals surface area contributed by atoms with Crippen molar-refractivity contribution in [2.75, 3.05) is 32.7 Å². The first-order valence-corrected chi connectivity index (χ1v) is 6.46. The van der Waals surface area contributed by atoms with Gasteiger partial charge in [0, 0.05) is 13.1 Å². The van der Waals surface area contributed by atoms with Gasteiger partial charge in [-0.05, 0) is 57.7 Å². The maximum Gasteiger partial charge on any atom is 0.0553 e. The lowest BCUT2D eigenvalue weighted by Crippen LogP contribution is -2.36. The third-order valence-corrected chi connectivity index (χ3v) is 3.77. The van der Waals surface area contributed by atoms with E-state index in [0.29, 0.717) is 0 Å². The quantitative estimate of drug-likeness (QED) is 0.712. The molecule has 3 nitrogen and oxygen atoms in total. The fourth-order valence-electron chi connectivity index (χ4n) is 2.75. The van der Waals surface area contributed by atoms with E-state index in [4.69, 9.17) is 0 Å². The molecule has 2 heterocycles. The number of rotatable bonds is 2. The normalized spacial score (nSPS) is 31.4. The summed E-state index contributed by atoms with van der Waals surface area (Å²) in [5.74, 6) is 0.890. The predicted octanol–water partition coefficient (Wildman–Crippen LogP) is 0.833. The predicted molar refractivity (Wildman–Crippen MR) is 61.9 cm³/mol. The van der Waals surface area contributed by atoms with Crippen molar-refractivity contribution in [3.05, 3.63) is 0 Å². The first kappa shape index (κ1) is 11.4. The van der Waals surface area contributed by atoms with Crippen molar-refractivity contribution >= 4 is 0 Å².